The van der Waals surface area contributed by atoms with Gasteiger partial charge in [0.1, 0.15) is 0 Å². The quantitative estimate of drug-likeness (QED) is 0.551. The fourth-order valence-corrected chi connectivity index (χ4v) is 4.38. The normalized spacial score (nSPS) is 18.8. The molecule has 1 atom stereocenters. The molecule has 2 aliphatic rings. The van der Waals surface area contributed by atoms with Crippen LogP contribution in [0.15, 0.2) is 46.6 Å². The Balaban J connectivity index is 1.89. The predicted octanol–water partition coefficient (Wildman–Crippen LogP) is 1.39. The topological polar surface area (TPSA) is 124 Å². The highest BCUT2D eigenvalue weighted by molar-refractivity contribution is 8.14. The Bertz CT molecular complexity index is 1040. The second-order valence-corrected chi connectivity index (χ2v) is 8.22. The van der Waals surface area contributed by atoms with Crippen LogP contribution in [0.2, 0.25) is 0 Å². The van der Waals surface area contributed by atoms with Gasteiger partial charge in [-0.05, 0) is 48.2 Å². The molecule has 8 nitrogen and oxygen atoms in total. The van der Waals surface area contributed by atoms with Crippen molar-refractivity contribution in [1.29, 1.82) is 0 Å². The number of carbonyl (C=O) groups is 1. The van der Waals surface area contributed by atoms with E-state index in [1.807, 2.05) is 48.3 Å². The molecule has 30 heavy (non-hydrogen) atoms. The number of amidine groups is 1. The Morgan fingerprint density at radius 2 is 1.90 bits per heavy atom. The average molecular weight is 426 g/mol. The third-order valence-electron chi connectivity index (χ3n) is 5.15. The van der Waals surface area contributed by atoms with Crippen LogP contribution in [0, 0.1) is 0 Å². The molecule has 2 aromatic rings. The van der Waals surface area contributed by atoms with E-state index >= 15 is 0 Å². The van der Waals surface area contributed by atoms with Crippen LogP contribution in [0.25, 0.3) is 0 Å². The minimum atomic E-state index is -0.175. The van der Waals surface area contributed by atoms with Crippen molar-refractivity contribution in [3.63, 3.8) is 0 Å². The summed E-state index contributed by atoms with van der Waals surface area (Å²) in [5.74, 6) is 0.142. The van der Waals surface area contributed by atoms with Crippen molar-refractivity contribution in [1.82, 2.24) is 10.4 Å². The van der Waals surface area contributed by atoms with Gasteiger partial charge in [-0.1, -0.05) is 30.0 Å². The summed E-state index contributed by atoms with van der Waals surface area (Å²) in [5.41, 5.74) is 13.9. The zero-order valence-electron chi connectivity index (χ0n) is 16.5. The highest BCUT2D eigenvalue weighted by Gasteiger charge is 2.29. The van der Waals surface area contributed by atoms with Crippen LogP contribution in [-0.4, -0.2) is 43.8 Å². The molecular formula is C21H23N5O3S. The maximum absolute atomic E-state index is 11.5. The summed E-state index contributed by atoms with van der Waals surface area (Å²) in [6.45, 7) is 1.72. The van der Waals surface area contributed by atoms with Crippen LogP contribution in [0.3, 0.4) is 0 Å². The molecule has 1 unspecified atom stereocenters. The van der Waals surface area contributed by atoms with Gasteiger partial charge in [-0.25, -0.2) is 10.4 Å². The highest BCUT2D eigenvalue weighted by atomic mass is 32.2. The molecule has 2 aromatic carbocycles. The molecule has 1 amide bonds. The number of rotatable bonds is 3. The summed E-state index contributed by atoms with van der Waals surface area (Å²) in [4.78, 5) is 11.5. The first-order valence-electron chi connectivity index (χ1n) is 9.60. The second-order valence-electron chi connectivity index (χ2n) is 7.28. The Hall–Kier alpha value is -2.88. The van der Waals surface area contributed by atoms with Crippen LogP contribution >= 0.6 is 11.8 Å². The lowest BCUT2D eigenvalue weighted by atomic mass is 9.90. The van der Waals surface area contributed by atoms with Crippen LogP contribution < -0.4 is 11.2 Å². The number of amides is 1. The van der Waals surface area contributed by atoms with Gasteiger partial charge in [-0.3, -0.25) is 4.79 Å². The lowest BCUT2D eigenvalue weighted by Crippen LogP contribution is -2.39. The predicted molar refractivity (Wildman–Crippen MR) is 118 cm³/mol. The van der Waals surface area contributed by atoms with Gasteiger partial charge in [-0.15, -0.1) is 5.10 Å². The molecule has 0 aliphatic carbocycles. The molecule has 0 spiro atoms. The van der Waals surface area contributed by atoms with E-state index in [1.165, 1.54) is 11.8 Å². The van der Waals surface area contributed by atoms with Crippen molar-refractivity contribution in [2.24, 2.45) is 10.2 Å². The van der Waals surface area contributed by atoms with Gasteiger partial charge in [0.15, 0.2) is 0 Å². The monoisotopic (exact) mass is 425 g/mol. The van der Waals surface area contributed by atoms with Gasteiger partial charge in [0.25, 0.3) is 5.91 Å². The number of hydrogen-bond donors (Lipinski definition) is 4. The van der Waals surface area contributed by atoms with Crippen LogP contribution in [-0.2, 0) is 24.4 Å². The number of nitrogens with two attached hydrogens (primary N) is 1. The zero-order chi connectivity index (χ0) is 21.3. The Labute approximate surface area is 178 Å². The lowest BCUT2D eigenvalue weighted by molar-refractivity contribution is -0.118. The first-order chi connectivity index (χ1) is 14.5. The summed E-state index contributed by atoms with van der Waals surface area (Å²) in [6, 6.07) is 11.2. The van der Waals surface area contributed by atoms with Crippen molar-refractivity contribution in [2.45, 2.75) is 32.6 Å². The van der Waals surface area contributed by atoms with Crippen molar-refractivity contribution in [3.8, 4) is 0 Å². The van der Waals surface area contributed by atoms with E-state index in [0.29, 0.717) is 34.1 Å². The summed E-state index contributed by atoms with van der Waals surface area (Å²) >= 11 is 1.34. The zero-order valence-corrected chi connectivity index (χ0v) is 17.3. The molecule has 0 fully saturated rings. The van der Waals surface area contributed by atoms with Gasteiger partial charge >= 0.3 is 0 Å². The number of hydrazone groups is 2. The fourth-order valence-electron chi connectivity index (χ4n) is 3.60. The first-order valence-corrected chi connectivity index (χ1v) is 10.6. The summed E-state index contributed by atoms with van der Waals surface area (Å²) in [7, 11) is 0. The summed E-state index contributed by atoms with van der Waals surface area (Å²) in [6.07, 6.45) is 0.656. The van der Waals surface area contributed by atoms with Gasteiger partial charge < -0.3 is 15.9 Å². The van der Waals surface area contributed by atoms with E-state index in [9.17, 15) is 15.0 Å². The van der Waals surface area contributed by atoms with E-state index in [-0.39, 0.29) is 30.9 Å². The number of nitrogens with one attached hydrogen (secondary N) is 1. The molecule has 4 rings (SSSR count). The van der Waals surface area contributed by atoms with Crippen molar-refractivity contribution in [3.05, 3.63) is 64.2 Å². The van der Waals surface area contributed by atoms with E-state index in [2.05, 4.69) is 10.5 Å². The van der Waals surface area contributed by atoms with Crippen molar-refractivity contribution >= 4 is 34.2 Å². The van der Waals surface area contributed by atoms with Crippen LogP contribution in [0.5, 0.6) is 0 Å². The Kier molecular flexibility index (Phi) is 5.76. The number of aliphatic hydroxyl groups is 2. The van der Waals surface area contributed by atoms with Crippen LogP contribution in [0.1, 0.15) is 34.7 Å². The number of nitrogen functional groups attached to an aromatic ring is 1. The minimum Gasteiger partial charge on any atom is -0.399 e. The van der Waals surface area contributed by atoms with Crippen molar-refractivity contribution in [2.75, 3.05) is 11.5 Å². The number of hydrogen-bond acceptors (Lipinski definition) is 8. The summed E-state index contributed by atoms with van der Waals surface area (Å²) < 4.78 is 0. The SMILES string of the molecule is CC1Cc2cc(CO)c(CO)cc2C(c2ccc(N)cc2)=NN1C1=NNC(=O)CS1. The summed E-state index contributed by atoms with van der Waals surface area (Å²) in [5, 5.41) is 31.1. The lowest BCUT2D eigenvalue weighted by Gasteiger charge is -2.27. The van der Waals surface area contributed by atoms with Gasteiger partial charge in [0, 0.05) is 16.8 Å². The number of carbonyl (C=O) groups excluding carboxylic acids is 1. The molecule has 0 aromatic heterocycles. The molecule has 0 saturated carbocycles. The van der Waals surface area contributed by atoms with Crippen molar-refractivity contribution < 1.29 is 15.0 Å². The highest BCUT2D eigenvalue weighted by Crippen LogP contribution is 2.29. The Morgan fingerprint density at radius 1 is 1.20 bits per heavy atom. The maximum atomic E-state index is 11.5. The molecule has 5 N–H and O–H groups in total. The van der Waals surface area contributed by atoms with E-state index in [4.69, 9.17) is 10.8 Å². The molecule has 156 valence electrons. The van der Waals surface area contributed by atoms with E-state index < -0.39 is 0 Å². The molecule has 0 bridgehead atoms. The number of benzene rings is 2. The largest absolute Gasteiger partial charge is 0.399 e. The minimum absolute atomic E-state index is 0.0391. The molecule has 9 heteroatoms. The molecule has 2 heterocycles. The van der Waals surface area contributed by atoms with Gasteiger partial charge in [0.05, 0.1) is 30.7 Å². The van der Waals surface area contributed by atoms with Gasteiger partial charge in [0.2, 0.25) is 5.17 Å². The number of thioether (sulfide) groups is 1. The number of anilines is 1. The molecule has 0 saturated heterocycles. The molecule has 2 aliphatic heterocycles. The maximum Gasteiger partial charge on any atom is 0.250 e. The Morgan fingerprint density at radius 3 is 2.53 bits per heavy atom. The number of nitrogens with zero attached hydrogens (tertiary/aromatic N) is 3. The standard InChI is InChI=1S/C21H23N5O3S/c1-12-6-14-7-15(9-27)16(10-28)8-18(14)20(13-2-4-17(22)5-3-13)25-26(12)21-24-23-19(29)11-30-21/h2-5,7-8,12,27-28H,6,9-11,22H2,1H3,(H,23,29). The number of fused-ring (bicyclic) bond motifs is 1. The average Bonchev–Trinajstić information content (AvgIpc) is 2.89. The van der Waals surface area contributed by atoms with E-state index in [1.54, 1.807) is 0 Å². The number of aliphatic hydroxyl groups excluding tert-OH is 2. The smallest absolute Gasteiger partial charge is 0.250 e. The molecule has 0 radical (unpaired) electrons. The first kappa shape index (κ1) is 20.4. The fraction of sp³-hybridized carbons (Fsp3) is 0.286. The third-order valence-corrected chi connectivity index (χ3v) is 6.09. The van der Waals surface area contributed by atoms with E-state index in [0.717, 1.165) is 16.7 Å². The van der Waals surface area contributed by atoms with Gasteiger partial charge in [-0.2, -0.15) is 5.10 Å². The van der Waals surface area contributed by atoms with Crippen LogP contribution in [0.4, 0.5) is 5.69 Å². The third kappa shape index (κ3) is 3.91. The molecular weight excluding hydrogens is 402 g/mol. The second kappa shape index (κ2) is 8.47.